The summed E-state index contributed by atoms with van der Waals surface area (Å²) in [5.74, 6) is 0.387. The Balaban J connectivity index is 2.76. The number of aromatic nitrogens is 3. The third-order valence-corrected chi connectivity index (χ3v) is 1.82. The molecule has 0 fully saturated rings. The van der Waals surface area contributed by atoms with Crippen LogP contribution in [0.4, 0.5) is 5.69 Å². The average Bonchev–Trinajstić information content (AvgIpc) is 2.63. The van der Waals surface area contributed by atoms with Crippen molar-refractivity contribution in [3.8, 4) is 5.75 Å². The second-order valence-electron chi connectivity index (χ2n) is 2.61. The van der Waals surface area contributed by atoms with Gasteiger partial charge in [0.2, 0.25) is 0 Å². The van der Waals surface area contributed by atoms with E-state index in [1.807, 2.05) is 0 Å². The standard InChI is InChI=1S/C7H6N4O3/c1-14-4-2-5-7(9-10-8-5)6(3-4)11(12)13/h2-3H,1H3,(H,8,9,10). The highest BCUT2D eigenvalue weighted by Crippen LogP contribution is 2.27. The van der Waals surface area contributed by atoms with Crippen LogP contribution in [-0.2, 0) is 0 Å². The van der Waals surface area contributed by atoms with Gasteiger partial charge in [0.15, 0.2) is 5.52 Å². The van der Waals surface area contributed by atoms with Crippen LogP contribution in [0.1, 0.15) is 0 Å². The van der Waals surface area contributed by atoms with Crippen molar-refractivity contribution in [3.63, 3.8) is 0 Å². The largest absolute Gasteiger partial charge is 0.496 e. The molecule has 1 aromatic heterocycles. The first kappa shape index (κ1) is 8.42. The maximum Gasteiger partial charge on any atom is 0.300 e. The van der Waals surface area contributed by atoms with E-state index in [0.29, 0.717) is 16.8 Å². The van der Waals surface area contributed by atoms with E-state index in [-0.39, 0.29) is 5.69 Å². The summed E-state index contributed by atoms with van der Waals surface area (Å²) in [6.07, 6.45) is 0. The number of fused-ring (bicyclic) bond motifs is 1. The molecule has 0 saturated carbocycles. The number of non-ortho nitro benzene ring substituents is 1. The molecule has 1 N–H and O–H groups in total. The minimum absolute atomic E-state index is 0.0932. The van der Waals surface area contributed by atoms with Gasteiger partial charge in [0, 0.05) is 6.07 Å². The van der Waals surface area contributed by atoms with Gasteiger partial charge in [-0.05, 0) is 0 Å². The molecule has 0 aliphatic carbocycles. The van der Waals surface area contributed by atoms with E-state index in [1.54, 1.807) is 6.07 Å². The van der Waals surface area contributed by atoms with Crippen LogP contribution in [-0.4, -0.2) is 27.4 Å². The molecule has 0 bridgehead atoms. The maximum absolute atomic E-state index is 10.7. The molecule has 14 heavy (non-hydrogen) atoms. The van der Waals surface area contributed by atoms with E-state index in [2.05, 4.69) is 15.4 Å². The van der Waals surface area contributed by atoms with Gasteiger partial charge in [-0.2, -0.15) is 0 Å². The highest BCUT2D eigenvalue weighted by molar-refractivity contribution is 5.85. The SMILES string of the molecule is COc1cc([N+](=O)[O-])c2[nH]nnc2c1. The Bertz CT molecular complexity index is 493. The normalized spacial score (nSPS) is 10.4. The van der Waals surface area contributed by atoms with E-state index < -0.39 is 4.92 Å². The predicted octanol–water partition coefficient (Wildman–Crippen LogP) is 0.875. The number of benzene rings is 1. The lowest BCUT2D eigenvalue weighted by Gasteiger charge is -1.98. The number of nitro benzene ring substituents is 1. The summed E-state index contributed by atoms with van der Waals surface area (Å²) in [4.78, 5) is 10.1. The fourth-order valence-corrected chi connectivity index (χ4v) is 1.17. The molecule has 0 amide bonds. The highest BCUT2D eigenvalue weighted by atomic mass is 16.6. The first-order valence-corrected chi connectivity index (χ1v) is 3.75. The van der Waals surface area contributed by atoms with Crippen LogP contribution >= 0.6 is 0 Å². The van der Waals surface area contributed by atoms with Crippen LogP contribution in [0, 0.1) is 10.1 Å². The molecule has 2 aromatic rings. The summed E-state index contributed by atoms with van der Waals surface area (Å²) in [5.41, 5.74) is 0.621. The summed E-state index contributed by atoms with van der Waals surface area (Å²) in [7, 11) is 1.44. The third-order valence-electron chi connectivity index (χ3n) is 1.82. The number of ether oxygens (including phenoxy) is 1. The quantitative estimate of drug-likeness (QED) is 0.565. The Morgan fingerprint density at radius 3 is 3.00 bits per heavy atom. The van der Waals surface area contributed by atoms with Gasteiger partial charge in [-0.25, -0.2) is 0 Å². The lowest BCUT2D eigenvalue weighted by atomic mass is 10.2. The van der Waals surface area contributed by atoms with Gasteiger partial charge in [0.25, 0.3) is 5.69 Å². The molecule has 2 rings (SSSR count). The molecule has 0 aliphatic heterocycles. The van der Waals surface area contributed by atoms with Gasteiger partial charge >= 0.3 is 0 Å². The summed E-state index contributed by atoms with van der Waals surface area (Å²) in [6.45, 7) is 0. The fraction of sp³-hybridized carbons (Fsp3) is 0.143. The first-order chi connectivity index (χ1) is 6.72. The number of rotatable bonds is 2. The summed E-state index contributed by atoms with van der Waals surface area (Å²) in [6, 6.07) is 2.90. The number of hydrogen-bond acceptors (Lipinski definition) is 5. The Morgan fingerprint density at radius 1 is 1.57 bits per heavy atom. The molecule has 0 saturated heterocycles. The molecule has 0 atom stereocenters. The molecular weight excluding hydrogens is 188 g/mol. The highest BCUT2D eigenvalue weighted by Gasteiger charge is 2.16. The molecule has 0 radical (unpaired) electrons. The molecule has 0 aliphatic rings. The molecule has 72 valence electrons. The van der Waals surface area contributed by atoms with Crippen molar-refractivity contribution in [2.75, 3.05) is 7.11 Å². The van der Waals surface area contributed by atoms with E-state index in [1.165, 1.54) is 13.2 Å². The lowest BCUT2D eigenvalue weighted by molar-refractivity contribution is -0.383. The van der Waals surface area contributed by atoms with Crippen LogP contribution in [0.2, 0.25) is 0 Å². The maximum atomic E-state index is 10.7. The Labute approximate surface area is 77.8 Å². The van der Waals surface area contributed by atoms with Crippen molar-refractivity contribution in [1.82, 2.24) is 15.4 Å². The minimum atomic E-state index is -0.509. The third kappa shape index (κ3) is 1.15. The predicted molar refractivity (Wildman–Crippen MR) is 47.1 cm³/mol. The molecule has 7 heteroatoms. The number of hydrogen-bond donors (Lipinski definition) is 1. The van der Waals surface area contributed by atoms with Crippen molar-refractivity contribution >= 4 is 16.7 Å². The number of methoxy groups -OCH3 is 1. The number of H-pyrrole nitrogens is 1. The van der Waals surface area contributed by atoms with E-state index >= 15 is 0 Å². The van der Waals surface area contributed by atoms with Crippen LogP contribution in [0.3, 0.4) is 0 Å². The zero-order chi connectivity index (χ0) is 10.1. The molecule has 0 unspecified atom stereocenters. The zero-order valence-electron chi connectivity index (χ0n) is 7.22. The Hall–Kier alpha value is -2.18. The van der Waals surface area contributed by atoms with Crippen LogP contribution in [0.25, 0.3) is 11.0 Å². The Morgan fingerprint density at radius 2 is 2.36 bits per heavy atom. The van der Waals surface area contributed by atoms with E-state index in [0.717, 1.165) is 0 Å². The zero-order valence-corrected chi connectivity index (χ0v) is 7.22. The second kappa shape index (κ2) is 2.95. The average molecular weight is 194 g/mol. The van der Waals surface area contributed by atoms with E-state index in [4.69, 9.17) is 4.74 Å². The summed E-state index contributed by atoms with van der Waals surface area (Å²) in [5, 5.41) is 20.3. The van der Waals surface area contributed by atoms with Crippen molar-refractivity contribution < 1.29 is 9.66 Å². The fourth-order valence-electron chi connectivity index (χ4n) is 1.17. The van der Waals surface area contributed by atoms with Crippen molar-refractivity contribution in [2.24, 2.45) is 0 Å². The number of aromatic amines is 1. The molecular formula is C7H6N4O3. The van der Waals surface area contributed by atoms with Crippen LogP contribution < -0.4 is 4.74 Å². The van der Waals surface area contributed by atoms with E-state index in [9.17, 15) is 10.1 Å². The van der Waals surface area contributed by atoms with Gasteiger partial charge < -0.3 is 4.74 Å². The van der Waals surface area contributed by atoms with Gasteiger partial charge in [0.1, 0.15) is 11.3 Å². The second-order valence-corrected chi connectivity index (χ2v) is 2.61. The first-order valence-electron chi connectivity index (χ1n) is 3.75. The molecule has 1 aromatic carbocycles. The topological polar surface area (TPSA) is 93.9 Å². The Kier molecular flexibility index (Phi) is 1.77. The van der Waals surface area contributed by atoms with Gasteiger partial charge in [0.05, 0.1) is 18.1 Å². The lowest BCUT2D eigenvalue weighted by Crippen LogP contribution is -1.91. The van der Waals surface area contributed by atoms with Gasteiger partial charge in [-0.1, -0.05) is 5.21 Å². The molecule has 1 heterocycles. The minimum Gasteiger partial charge on any atom is -0.496 e. The summed E-state index contributed by atoms with van der Waals surface area (Å²) >= 11 is 0. The van der Waals surface area contributed by atoms with Crippen LogP contribution in [0.5, 0.6) is 5.75 Å². The number of nitrogens with zero attached hydrogens (tertiary/aromatic N) is 3. The number of nitro groups is 1. The van der Waals surface area contributed by atoms with Crippen LogP contribution in [0.15, 0.2) is 12.1 Å². The monoisotopic (exact) mass is 194 g/mol. The van der Waals surface area contributed by atoms with Gasteiger partial charge in [-0.15, -0.1) is 5.10 Å². The van der Waals surface area contributed by atoms with Crippen molar-refractivity contribution in [2.45, 2.75) is 0 Å². The molecule has 7 nitrogen and oxygen atoms in total. The smallest absolute Gasteiger partial charge is 0.300 e. The summed E-state index contributed by atoms with van der Waals surface area (Å²) < 4.78 is 4.90. The number of nitrogens with one attached hydrogen (secondary N) is 1. The van der Waals surface area contributed by atoms with Crippen molar-refractivity contribution in [1.29, 1.82) is 0 Å². The molecule has 0 spiro atoms. The van der Waals surface area contributed by atoms with Crippen molar-refractivity contribution in [3.05, 3.63) is 22.2 Å². The van der Waals surface area contributed by atoms with Gasteiger partial charge in [-0.3, -0.25) is 15.2 Å².